The number of amides is 1. The van der Waals surface area contributed by atoms with Gasteiger partial charge in [-0.25, -0.2) is 0 Å². The minimum atomic E-state index is -0.672. The molecule has 0 aliphatic heterocycles. The number of unbranched alkanes of at least 4 members (excludes halogenated alkanes) is 45. The first-order chi connectivity index (χ1) is 32.0. The van der Waals surface area contributed by atoms with Crippen LogP contribution in [0.4, 0.5) is 0 Å². The zero-order valence-corrected chi connectivity index (χ0v) is 44.3. The Balaban J connectivity index is 3.41. The maximum atomic E-state index is 12.5. The SMILES string of the molecule is CCCCCCCCCCCCCCCCCCCCC(=O)OCCCCCCCCCCCCCCCC(=O)NC(CO)C(O)CCCCCCCCCCCCCCCCCCC. The van der Waals surface area contributed by atoms with Crippen molar-refractivity contribution in [1.29, 1.82) is 0 Å². The Kier molecular flexibility index (Phi) is 54.5. The average Bonchev–Trinajstić information content (AvgIpc) is 3.31. The molecule has 0 bridgehead atoms. The largest absolute Gasteiger partial charge is 0.466 e. The zero-order chi connectivity index (χ0) is 47.2. The van der Waals surface area contributed by atoms with Gasteiger partial charge in [-0.3, -0.25) is 9.59 Å². The number of esters is 1. The Hall–Kier alpha value is -1.14. The van der Waals surface area contributed by atoms with Crippen molar-refractivity contribution in [3.8, 4) is 0 Å². The lowest BCUT2D eigenvalue weighted by Gasteiger charge is -2.22. The monoisotopic (exact) mass is 920 g/mol. The normalized spacial score (nSPS) is 12.5. The molecule has 2 unspecified atom stereocenters. The van der Waals surface area contributed by atoms with E-state index >= 15 is 0 Å². The summed E-state index contributed by atoms with van der Waals surface area (Å²) in [4.78, 5) is 24.6. The summed E-state index contributed by atoms with van der Waals surface area (Å²) in [5, 5.41) is 23.3. The fourth-order valence-corrected chi connectivity index (χ4v) is 9.58. The molecule has 2 atom stereocenters. The van der Waals surface area contributed by atoms with E-state index in [1.54, 1.807) is 0 Å². The van der Waals surface area contributed by atoms with Gasteiger partial charge >= 0.3 is 5.97 Å². The zero-order valence-electron chi connectivity index (χ0n) is 44.3. The van der Waals surface area contributed by atoms with Gasteiger partial charge < -0.3 is 20.3 Å². The lowest BCUT2D eigenvalue weighted by Crippen LogP contribution is -2.45. The van der Waals surface area contributed by atoms with Crippen molar-refractivity contribution in [2.75, 3.05) is 13.2 Å². The van der Waals surface area contributed by atoms with E-state index in [-0.39, 0.29) is 18.5 Å². The molecule has 3 N–H and O–H groups in total. The van der Waals surface area contributed by atoms with E-state index in [1.165, 1.54) is 257 Å². The van der Waals surface area contributed by atoms with Gasteiger partial charge in [0.2, 0.25) is 5.91 Å². The average molecular weight is 921 g/mol. The molecule has 6 heteroatoms. The van der Waals surface area contributed by atoms with Gasteiger partial charge in [0, 0.05) is 12.8 Å². The number of nitrogens with one attached hydrogen (secondary N) is 1. The fraction of sp³-hybridized carbons (Fsp3) is 0.966. The molecular formula is C59H117NO5. The van der Waals surface area contributed by atoms with Crippen LogP contribution in [0.25, 0.3) is 0 Å². The summed E-state index contributed by atoms with van der Waals surface area (Å²) in [5.74, 6) is -0.0437. The van der Waals surface area contributed by atoms with Crippen LogP contribution in [0.5, 0.6) is 0 Å². The van der Waals surface area contributed by atoms with Crippen molar-refractivity contribution in [3.63, 3.8) is 0 Å². The standard InChI is InChI=1S/C59H117NO5/c1-3-5-7-9-11-13-15-17-19-21-23-25-29-33-37-41-45-49-53-59(64)65-54-50-46-42-38-34-30-26-28-32-36-40-44-48-52-58(63)60-56(55-61)57(62)51-47-43-39-35-31-27-24-22-20-18-16-14-12-10-8-6-4-2/h56-57,61-62H,3-55H2,1-2H3,(H,60,63). The van der Waals surface area contributed by atoms with Crippen molar-refractivity contribution in [3.05, 3.63) is 0 Å². The maximum Gasteiger partial charge on any atom is 0.305 e. The van der Waals surface area contributed by atoms with Crippen molar-refractivity contribution < 1.29 is 24.5 Å². The highest BCUT2D eigenvalue weighted by atomic mass is 16.5. The molecule has 0 rings (SSSR count). The molecule has 0 aliphatic rings. The van der Waals surface area contributed by atoms with Crippen molar-refractivity contribution in [1.82, 2.24) is 5.32 Å². The number of hydrogen-bond donors (Lipinski definition) is 3. The Labute approximate surface area is 406 Å². The second-order valence-electron chi connectivity index (χ2n) is 20.7. The minimum Gasteiger partial charge on any atom is -0.466 e. The molecule has 0 aromatic heterocycles. The van der Waals surface area contributed by atoms with Crippen LogP contribution in [-0.2, 0) is 14.3 Å². The quantitative estimate of drug-likeness (QED) is 0.0417. The summed E-state index contributed by atoms with van der Waals surface area (Å²) < 4.78 is 5.49. The Morgan fingerprint density at radius 2 is 0.631 bits per heavy atom. The molecule has 0 saturated heterocycles. The number of carbonyl (C=O) groups is 2. The molecule has 388 valence electrons. The third-order valence-electron chi connectivity index (χ3n) is 14.2. The van der Waals surface area contributed by atoms with E-state index in [0.29, 0.717) is 25.9 Å². The summed E-state index contributed by atoms with van der Waals surface area (Å²) in [7, 11) is 0. The summed E-state index contributed by atoms with van der Waals surface area (Å²) in [5.41, 5.74) is 0. The van der Waals surface area contributed by atoms with E-state index in [0.717, 1.165) is 51.4 Å². The van der Waals surface area contributed by atoms with Gasteiger partial charge in [0.1, 0.15) is 0 Å². The Bertz CT molecular complexity index is 928. The van der Waals surface area contributed by atoms with E-state index < -0.39 is 12.1 Å². The predicted octanol–water partition coefficient (Wildman–Crippen LogP) is 18.3. The van der Waals surface area contributed by atoms with Crippen molar-refractivity contribution in [2.45, 2.75) is 353 Å². The first-order valence-corrected chi connectivity index (χ1v) is 29.8. The van der Waals surface area contributed by atoms with Gasteiger partial charge in [0.25, 0.3) is 0 Å². The van der Waals surface area contributed by atoms with Crippen LogP contribution in [0.1, 0.15) is 341 Å². The number of aliphatic hydroxyl groups excluding tert-OH is 2. The molecule has 0 spiro atoms. The topological polar surface area (TPSA) is 95.9 Å². The highest BCUT2D eigenvalue weighted by molar-refractivity contribution is 5.76. The smallest absolute Gasteiger partial charge is 0.305 e. The van der Waals surface area contributed by atoms with Crippen molar-refractivity contribution >= 4 is 11.9 Å². The molecule has 0 aromatic carbocycles. The molecule has 0 radical (unpaired) electrons. The highest BCUT2D eigenvalue weighted by Gasteiger charge is 2.20. The lowest BCUT2D eigenvalue weighted by molar-refractivity contribution is -0.143. The van der Waals surface area contributed by atoms with Crippen LogP contribution in [0.15, 0.2) is 0 Å². The Morgan fingerprint density at radius 1 is 0.369 bits per heavy atom. The van der Waals surface area contributed by atoms with E-state index in [9.17, 15) is 19.8 Å². The van der Waals surface area contributed by atoms with Gasteiger partial charge in [-0.05, 0) is 25.7 Å². The van der Waals surface area contributed by atoms with Crippen LogP contribution in [0.3, 0.4) is 0 Å². The van der Waals surface area contributed by atoms with Crippen LogP contribution >= 0.6 is 0 Å². The Morgan fingerprint density at radius 3 is 0.938 bits per heavy atom. The van der Waals surface area contributed by atoms with Crippen LogP contribution in [0.2, 0.25) is 0 Å². The van der Waals surface area contributed by atoms with Gasteiger partial charge in [-0.1, -0.05) is 303 Å². The summed E-state index contributed by atoms with van der Waals surface area (Å²) in [6.07, 6.45) is 63.8. The number of carbonyl (C=O) groups excluding carboxylic acids is 2. The molecular weight excluding hydrogens is 803 g/mol. The lowest BCUT2D eigenvalue weighted by atomic mass is 10.0. The van der Waals surface area contributed by atoms with E-state index in [1.807, 2.05) is 0 Å². The van der Waals surface area contributed by atoms with E-state index in [2.05, 4.69) is 19.2 Å². The minimum absolute atomic E-state index is 0.000207. The molecule has 65 heavy (non-hydrogen) atoms. The molecule has 0 aromatic rings. The number of hydrogen-bond acceptors (Lipinski definition) is 5. The second kappa shape index (κ2) is 55.5. The number of rotatable bonds is 56. The maximum absolute atomic E-state index is 12.5. The molecule has 6 nitrogen and oxygen atoms in total. The van der Waals surface area contributed by atoms with Gasteiger partial charge in [-0.2, -0.15) is 0 Å². The molecule has 1 amide bonds. The number of ether oxygens (including phenoxy) is 1. The van der Waals surface area contributed by atoms with Crippen LogP contribution < -0.4 is 5.32 Å². The first kappa shape index (κ1) is 63.9. The fourth-order valence-electron chi connectivity index (χ4n) is 9.58. The van der Waals surface area contributed by atoms with Gasteiger partial charge in [-0.15, -0.1) is 0 Å². The highest BCUT2D eigenvalue weighted by Crippen LogP contribution is 2.18. The van der Waals surface area contributed by atoms with Gasteiger partial charge in [0.15, 0.2) is 0 Å². The molecule has 0 heterocycles. The number of aliphatic hydroxyl groups is 2. The molecule has 0 saturated carbocycles. The van der Waals surface area contributed by atoms with Crippen molar-refractivity contribution in [2.24, 2.45) is 0 Å². The second-order valence-corrected chi connectivity index (χ2v) is 20.7. The predicted molar refractivity (Wildman–Crippen MR) is 283 cm³/mol. The van der Waals surface area contributed by atoms with E-state index in [4.69, 9.17) is 4.74 Å². The summed E-state index contributed by atoms with van der Waals surface area (Å²) in [6.45, 7) is 4.96. The molecule has 0 aliphatic carbocycles. The van der Waals surface area contributed by atoms with Crippen LogP contribution in [0, 0.1) is 0 Å². The van der Waals surface area contributed by atoms with Gasteiger partial charge in [0.05, 0.1) is 25.4 Å². The third kappa shape index (κ3) is 52.1. The summed E-state index contributed by atoms with van der Waals surface area (Å²) in [6, 6.07) is -0.550. The first-order valence-electron chi connectivity index (χ1n) is 29.8. The summed E-state index contributed by atoms with van der Waals surface area (Å²) >= 11 is 0. The van der Waals surface area contributed by atoms with Crippen LogP contribution in [-0.4, -0.2) is 47.4 Å². The molecule has 0 fully saturated rings. The third-order valence-corrected chi connectivity index (χ3v) is 14.2.